The Bertz CT molecular complexity index is 606. The maximum absolute atomic E-state index is 13.8. The standard InChI is InChI=1S/C18H35O7P3/c19-26(20,16-10-4-1-5-11-16)24-28(23,18-14-8-3-9-15-18)25-27(21,22)17-12-6-2-7-13-17/h16-18H,1-15H2,(H,19,20)(H,21,22). The average Bonchev–Trinajstić information content (AvgIpc) is 2.69. The third kappa shape index (κ3) is 5.82. The van der Waals surface area contributed by atoms with E-state index >= 15 is 0 Å². The molecule has 2 N–H and O–H groups in total. The van der Waals surface area contributed by atoms with Crippen LogP contribution < -0.4 is 0 Å². The summed E-state index contributed by atoms with van der Waals surface area (Å²) in [4.78, 5) is 21.2. The summed E-state index contributed by atoms with van der Waals surface area (Å²) in [6.07, 6.45) is 11.3. The molecule has 7 nitrogen and oxygen atoms in total. The van der Waals surface area contributed by atoms with Crippen LogP contribution in [-0.2, 0) is 22.3 Å². The minimum absolute atomic E-state index is 0.534. The minimum Gasteiger partial charge on any atom is -0.324 e. The number of hydrogen-bond acceptors (Lipinski definition) is 5. The first-order valence-electron chi connectivity index (χ1n) is 10.9. The molecular formula is C18H35O7P3. The second-order valence-corrected chi connectivity index (χ2v) is 15.5. The predicted octanol–water partition coefficient (Wildman–Crippen LogP) is 6.58. The lowest BCUT2D eigenvalue weighted by molar-refractivity contribution is 0.278. The quantitative estimate of drug-likeness (QED) is 0.416. The molecule has 0 spiro atoms. The molecule has 3 aliphatic carbocycles. The molecule has 0 bridgehead atoms. The SMILES string of the molecule is O=P(O)(OP(=O)(OP(=O)(O)C1CCCCC1)C1CCCCC1)C1CCCCC1. The molecule has 28 heavy (non-hydrogen) atoms. The molecule has 164 valence electrons. The third-order valence-electron chi connectivity index (χ3n) is 6.56. The zero-order valence-electron chi connectivity index (χ0n) is 16.6. The van der Waals surface area contributed by atoms with Crippen molar-refractivity contribution in [3.05, 3.63) is 0 Å². The van der Waals surface area contributed by atoms with Crippen LogP contribution in [0.15, 0.2) is 0 Å². The molecule has 3 fully saturated rings. The Balaban J connectivity index is 1.81. The summed E-state index contributed by atoms with van der Waals surface area (Å²) in [5, 5.41) is 0. The predicted molar refractivity (Wildman–Crippen MR) is 110 cm³/mol. The normalized spacial score (nSPS) is 30.2. The highest BCUT2D eigenvalue weighted by Crippen LogP contribution is 2.76. The van der Waals surface area contributed by atoms with Crippen molar-refractivity contribution in [3.8, 4) is 0 Å². The van der Waals surface area contributed by atoms with Gasteiger partial charge in [-0.2, -0.15) is 0 Å². The Kier molecular flexibility index (Phi) is 8.10. The fourth-order valence-corrected chi connectivity index (χ4v) is 13.0. The molecule has 0 amide bonds. The van der Waals surface area contributed by atoms with E-state index in [1.54, 1.807) is 0 Å². The van der Waals surface area contributed by atoms with Crippen LogP contribution in [0.3, 0.4) is 0 Å². The van der Waals surface area contributed by atoms with Gasteiger partial charge in [0.2, 0.25) is 0 Å². The van der Waals surface area contributed by atoms with E-state index in [-0.39, 0.29) is 0 Å². The highest BCUT2D eigenvalue weighted by Gasteiger charge is 2.50. The first-order valence-corrected chi connectivity index (χ1v) is 15.8. The monoisotopic (exact) mass is 456 g/mol. The van der Waals surface area contributed by atoms with E-state index in [4.69, 9.17) is 8.62 Å². The molecule has 2 atom stereocenters. The minimum atomic E-state index is -4.20. The zero-order chi connectivity index (χ0) is 20.3. The molecule has 2 unspecified atom stereocenters. The van der Waals surface area contributed by atoms with Crippen LogP contribution in [0.25, 0.3) is 0 Å². The van der Waals surface area contributed by atoms with Crippen LogP contribution in [0.5, 0.6) is 0 Å². The lowest BCUT2D eigenvalue weighted by Crippen LogP contribution is -2.21. The average molecular weight is 456 g/mol. The van der Waals surface area contributed by atoms with Crippen molar-refractivity contribution in [2.45, 2.75) is 113 Å². The highest BCUT2D eigenvalue weighted by molar-refractivity contribution is 7.73. The van der Waals surface area contributed by atoms with Gasteiger partial charge in [0.05, 0.1) is 17.0 Å². The fourth-order valence-electron chi connectivity index (χ4n) is 4.82. The molecule has 0 radical (unpaired) electrons. The van der Waals surface area contributed by atoms with E-state index in [0.717, 1.165) is 57.8 Å². The maximum Gasteiger partial charge on any atom is 0.348 e. The molecule has 3 rings (SSSR count). The van der Waals surface area contributed by atoms with Gasteiger partial charge < -0.3 is 9.79 Å². The molecule has 0 saturated heterocycles. The first kappa shape index (κ1) is 23.2. The van der Waals surface area contributed by atoms with Gasteiger partial charge in [-0.3, -0.25) is 13.7 Å². The topological polar surface area (TPSA) is 110 Å². The number of hydrogen-bond donors (Lipinski definition) is 2. The Hall–Kier alpha value is 0.530. The molecule has 0 aliphatic heterocycles. The van der Waals surface area contributed by atoms with Crippen LogP contribution in [0.2, 0.25) is 0 Å². The molecule has 0 aromatic carbocycles. The molecular weight excluding hydrogens is 421 g/mol. The summed E-state index contributed by atoms with van der Waals surface area (Å²) in [5.74, 6) is 0. The molecule has 10 heteroatoms. The summed E-state index contributed by atoms with van der Waals surface area (Å²) in [5.41, 5.74) is -1.70. The largest absolute Gasteiger partial charge is 0.348 e. The fraction of sp³-hybridized carbons (Fsp3) is 1.00. The van der Waals surface area contributed by atoms with Gasteiger partial charge in [-0.05, 0) is 38.5 Å². The van der Waals surface area contributed by atoms with Crippen molar-refractivity contribution >= 4 is 22.8 Å². The first-order chi connectivity index (χ1) is 13.2. The van der Waals surface area contributed by atoms with Crippen molar-refractivity contribution in [1.82, 2.24) is 0 Å². The molecule has 0 heterocycles. The van der Waals surface area contributed by atoms with Crippen LogP contribution >= 0.6 is 22.8 Å². The van der Waals surface area contributed by atoms with Gasteiger partial charge in [-0.1, -0.05) is 57.8 Å². The van der Waals surface area contributed by atoms with Gasteiger partial charge in [0.25, 0.3) is 0 Å². The Morgan fingerprint density at radius 3 is 1.11 bits per heavy atom. The molecule has 3 aliphatic rings. The summed E-state index contributed by atoms with van der Waals surface area (Å²) in [6, 6.07) is 0. The Morgan fingerprint density at radius 2 is 0.786 bits per heavy atom. The van der Waals surface area contributed by atoms with Crippen molar-refractivity contribution in [3.63, 3.8) is 0 Å². The van der Waals surface area contributed by atoms with Crippen molar-refractivity contribution < 1.29 is 32.1 Å². The summed E-state index contributed by atoms with van der Waals surface area (Å²) >= 11 is 0. The van der Waals surface area contributed by atoms with Crippen LogP contribution in [-0.4, -0.2) is 26.8 Å². The van der Waals surface area contributed by atoms with Crippen molar-refractivity contribution in [2.24, 2.45) is 0 Å². The van der Waals surface area contributed by atoms with Crippen molar-refractivity contribution in [1.29, 1.82) is 0 Å². The Morgan fingerprint density at radius 1 is 0.500 bits per heavy atom. The van der Waals surface area contributed by atoms with Crippen molar-refractivity contribution in [2.75, 3.05) is 0 Å². The number of rotatable bonds is 7. The smallest absolute Gasteiger partial charge is 0.324 e. The van der Waals surface area contributed by atoms with E-state index in [0.29, 0.717) is 38.5 Å². The molecule has 0 aromatic heterocycles. The molecule has 3 saturated carbocycles. The van der Waals surface area contributed by atoms with E-state index in [2.05, 4.69) is 0 Å². The second-order valence-electron chi connectivity index (χ2n) is 8.71. The van der Waals surface area contributed by atoms with Gasteiger partial charge in [0, 0.05) is 0 Å². The van der Waals surface area contributed by atoms with Gasteiger partial charge in [0.15, 0.2) is 0 Å². The van der Waals surface area contributed by atoms with Gasteiger partial charge >= 0.3 is 22.8 Å². The van der Waals surface area contributed by atoms with E-state index in [1.807, 2.05) is 0 Å². The summed E-state index contributed by atoms with van der Waals surface area (Å²) < 4.78 is 50.7. The van der Waals surface area contributed by atoms with Gasteiger partial charge in [-0.25, -0.2) is 8.62 Å². The van der Waals surface area contributed by atoms with E-state index in [9.17, 15) is 23.5 Å². The van der Waals surface area contributed by atoms with E-state index in [1.165, 1.54) is 0 Å². The molecule has 0 aromatic rings. The van der Waals surface area contributed by atoms with Crippen LogP contribution in [0.1, 0.15) is 96.3 Å². The van der Waals surface area contributed by atoms with Gasteiger partial charge in [0.1, 0.15) is 0 Å². The Labute approximate surface area is 168 Å². The zero-order valence-corrected chi connectivity index (χ0v) is 19.3. The summed E-state index contributed by atoms with van der Waals surface area (Å²) in [6.45, 7) is 0. The lowest BCUT2D eigenvalue weighted by Gasteiger charge is -2.35. The van der Waals surface area contributed by atoms with Crippen LogP contribution in [0.4, 0.5) is 0 Å². The third-order valence-corrected chi connectivity index (χ3v) is 14.5. The lowest BCUT2D eigenvalue weighted by atomic mass is 10.0. The maximum atomic E-state index is 13.8. The van der Waals surface area contributed by atoms with E-state index < -0.39 is 39.8 Å². The second kappa shape index (κ2) is 9.77. The highest BCUT2D eigenvalue weighted by atomic mass is 31.3. The van der Waals surface area contributed by atoms with Gasteiger partial charge in [-0.15, -0.1) is 0 Å². The van der Waals surface area contributed by atoms with Crippen LogP contribution in [0, 0.1) is 0 Å². The summed E-state index contributed by atoms with van der Waals surface area (Å²) in [7, 11) is -12.6.